The number of aryl methyl sites for hydroxylation is 2. The van der Waals surface area contributed by atoms with E-state index in [-0.39, 0.29) is 0 Å². The van der Waals surface area contributed by atoms with Gasteiger partial charge in [-0.15, -0.1) is 0 Å². The van der Waals surface area contributed by atoms with Crippen LogP contribution in [-0.2, 0) is 6.42 Å². The highest BCUT2D eigenvalue weighted by atomic mass is 16.5. The Hall–Kier alpha value is -1.96. The molecule has 2 heteroatoms. The number of benzene rings is 2. The molecule has 1 unspecified atom stereocenters. The summed E-state index contributed by atoms with van der Waals surface area (Å²) in [6.07, 6.45) is 3.47. The molecule has 0 bridgehead atoms. The van der Waals surface area contributed by atoms with Gasteiger partial charge in [-0.2, -0.15) is 0 Å². The van der Waals surface area contributed by atoms with Crippen LogP contribution < -0.4 is 9.47 Å². The zero-order chi connectivity index (χ0) is 15.9. The van der Waals surface area contributed by atoms with Crippen LogP contribution in [-0.4, -0.2) is 14.2 Å². The van der Waals surface area contributed by atoms with Crippen LogP contribution in [0.4, 0.5) is 0 Å². The first-order valence-corrected chi connectivity index (χ1v) is 7.91. The first-order chi connectivity index (χ1) is 10.6. The van der Waals surface area contributed by atoms with Crippen molar-refractivity contribution in [1.82, 2.24) is 0 Å². The van der Waals surface area contributed by atoms with Crippen LogP contribution in [0.15, 0.2) is 42.5 Å². The van der Waals surface area contributed by atoms with Gasteiger partial charge in [-0.1, -0.05) is 36.8 Å². The van der Waals surface area contributed by atoms with Crippen molar-refractivity contribution in [2.75, 3.05) is 14.2 Å². The molecule has 22 heavy (non-hydrogen) atoms. The summed E-state index contributed by atoms with van der Waals surface area (Å²) in [6.45, 7) is 4.39. The normalized spacial score (nSPS) is 12.0. The van der Waals surface area contributed by atoms with Crippen molar-refractivity contribution in [1.29, 1.82) is 0 Å². The van der Waals surface area contributed by atoms with E-state index in [1.54, 1.807) is 14.2 Å². The van der Waals surface area contributed by atoms with Crippen LogP contribution in [0, 0.1) is 6.92 Å². The summed E-state index contributed by atoms with van der Waals surface area (Å²) in [5.41, 5.74) is 4.02. The number of hydrogen-bond acceptors (Lipinski definition) is 2. The maximum Gasteiger partial charge on any atom is 0.122 e. The number of methoxy groups -OCH3 is 2. The van der Waals surface area contributed by atoms with Gasteiger partial charge < -0.3 is 9.47 Å². The lowest BCUT2D eigenvalue weighted by Crippen LogP contribution is -1.98. The molecule has 118 valence electrons. The zero-order valence-electron chi connectivity index (χ0n) is 14.1. The lowest BCUT2D eigenvalue weighted by atomic mass is 9.94. The van der Waals surface area contributed by atoms with Crippen LogP contribution in [0.5, 0.6) is 11.5 Å². The standard InChI is InChI=1S/C20H26O2/c1-15-8-10-17(11-9-15)7-5-6-16(2)18-12-19(21-3)14-20(13-18)22-4/h8-14,16H,5-7H2,1-4H3. The predicted octanol–water partition coefficient (Wildman–Crippen LogP) is 5.14. The number of ether oxygens (including phenoxy) is 2. The molecule has 0 aromatic heterocycles. The van der Waals surface area contributed by atoms with Gasteiger partial charge in [0.2, 0.25) is 0 Å². The average Bonchev–Trinajstić information content (AvgIpc) is 2.56. The second-order valence-corrected chi connectivity index (χ2v) is 5.92. The van der Waals surface area contributed by atoms with E-state index >= 15 is 0 Å². The summed E-state index contributed by atoms with van der Waals surface area (Å²) >= 11 is 0. The van der Waals surface area contributed by atoms with Crippen LogP contribution in [0.25, 0.3) is 0 Å². The first kappa shape index (κ1) is 16.4. The third-order valence-corrected chi connectivity index (χ3v) is 4.17. The van der Waals surface area contributed by atoms with Crippen LogP contribution in [0.3, 0.4) is 0 Å². The molecule has 1 atom stereocenters. The van der Waals surface area contributed by atoms with Gasteiger partial charge in [0.05, 0.1) is 14.2 Å². The molecule has 0 N–H and O–H groups in total. The Bertz CT molecular complexity index is 565. The molecular formula is C20H26O2. The third kappa shape index (κ3) is 4.52. The molecular weight excluding hydrogens is 272 g/mol. The maximum atomic E-state index is 5.35. The minimum Gasteiger partial charge on any atom is -0.497 e. The molecule has 0 aliphatic heterocycles. The maximum absolute atomic E-state index is 5.35. The summed E-state index contributed by atoms with van der Waals surface area (Å²) in [7, 11) is 3.39. The molecule has 0 saturated carbocycles. The average molecular weight is 298 g/mol. The topological polar surface area (TPSA) is 18.5 Å². The largest absolute Gasteiger partial charge is 0.497 e. The molecule has 2 aromatic carbocycles. The summed E-state index contributed by atoms with van der Waals surface area (Å²) in [5.74, 6) is 2.22. The third-order valence-electron chi connectivity index (χ3n) is 4.17. The fraction of sp³-hybridized carbons (Fsp3) is 0.400. The SMILES string of the molecule is COc1cc(OC)cc(C(C)CCCc2ccc(C)cc2)c1. The molecule has 0 aliphatic carbocycles. The Morgan fingerprint density at radius 2 is 1.50 bits per heavy atom. The van der Waals surface area contributed by atoms with E-state index in [0.717, 1.165) is 24.3 Å². The van der Waals surface area contributed by atoms with Crippen LogP contribution >= 0.6 is 0 Å². The fourth-order valence-corrected chi connectivity index (χ4v) is 2.65. The van der Waals surface area contributed by atoms with Gasteiger partial charge in [-0.05, 0) is 55.4 Å². The lowest BCUT2D eigenvalue weighted by Gasteiger charge is -2.15. The van der Waals surface area contributed by atoms with Crippen LogP contribution in [0.2, 0.25) is 0 Å². The van der Waals surface area contributed by atoms with Crippen molar-refractivity contribution in [2.24, 2.45) is 0 Å². The highest BCUT2D eigenvalue weighted by Crippen LogP contribution is 2.29. The number of rotatable bonds is 7. The van der Waals surface area contributed by atoms with E-state index in [1.807, 2.05) is 6.07 Å². The second-order valence-electron chi connectivity index (χ2n) is 5.92. The highest BCUT2D eigenvalue weighted by molar-refractivity contribution is 5.39. The minimum atomic E-state index is 0.495. The molecule has 0 spiro atoms. The van der Waals surface area contributed by atoms with Gasteiger partial charge in [0, 0.05) is 6.07 Å². The van der Waals surface area contributed by atoms with Crippen molar-refractivity contribution in [3.63, 3.8) is 0 Å². The molecule has 0 fully saturated rings. The molecule has 0 heterocycles. The Balaban J connectivity index is 1.94. The Morgan fingerprint density at radius 1 is 0.909 bits per heavy atom. The van der Waals surface area contributed by atoms with Gasteiger partial charge in [0.15, 0.2) is 0 Å². The van der Waals surface area contributed by atoms with Gasteiger partial charge in [0.25, 0.3) is 0 Å². The van der Waals surface area contributed by atoms with Crippen molar-refractivity contribution in [3.05, 3.63) is 59.2 Å². The quantitative estimate of drug-likeness (QED) is 0.704. The van der Waals surface area contributed by atoms with E-state index in [1.165, 1.54) is 23.1 Å². The molecule has 0 radical (unpaired) electrons. The van der Waals surface area contributed by atoms with Crippen molar-refractivity contribution in [2.45, 2.75) is 39.0 Å². The Kier molecular flexibility index (Phi) is 5.88. The summed E-state index contributed by atoms with van der Waals surface area (Å²) in [6, 6.07) is 15.0. The Labute approximate surface area is 134 Å². The lowest BCUT2D eigenvalue weighted by molar-refractivity contribution is 0.392. The summed E-state index contributed by atoms with van der Waals surface area (Å²) in [4.78, 5) is 0. The van der Waals surface area contributed by atoms with Crippen LogP contribution in [0.1, 0.15) is 42.4 Å². The second kappa shape index (κ2) is 7.88. The van der Waals surface area contributed by atoms with E-state index in [9.17, 15) is 0 Å². The van der Waals surface area contributed by atoms with E-state index in [2.05, 4.69) is 50.2 Å². The zero-order valence-corrected chi connectivity index (χ0v) is 14.1. The van der Waals surface area contributed by atoms with Gasteiger partial charge in [0.1, 0.15) is 11.5 Å². The predicted molar refractivity (Wildman–Crippen MR) is 92.1 cm³/mol. The molecule has 0 saturated heterocycles. The highest BCUT2D eigenvalue weighted by Gasteiger charge is 2.09. The monoisotopic (exact) mass is 298 g/mol. The molecule has 0 amide bonds. The van der Waals surface area contributed by atoms with Gasteiger partial charge in [-0.3, -0.25) is 0 Å². The smallest absolute Gasteiger partial charge is 0.122 e. The summed E-state index contributed by atoms with van der Waals surface area (Å²) in [5, 5.41) is 0. The van der Waals surface area contributed by atoms with Crippen molar-refractivity contribution < 1.29 is 9.47 Å². The minimum absolute atomic E-state index is 0.495. The molecule has 2 aromatic rings. The molecule has 2 rings (SSSR count). The fourth-order valence-electron chi connectivity index (χ4n) is 2.65. The Morgan fingerprint density at radius 3 is 2.05 bits per heavy atom. The number of hydrogen-bond donors (Lipinski definition) is 0. The summed E-state index contributed by atoms with van der Waals surface area (Å²) < 4.78 is 10.7. The van der Waals surface area contributed by atoms with Gasteiger partial charge >= 0.3 is 0 Å². The van der Waals surface area contributed by atoms with Gasteiger partial charge in [-0.25, -0.2) is 0 Å². The van der Waals surface area contributed by atoms with E-state index < -0.39 is 0 Å². The molecule has 2 nitrogen and oxygen atoms in total. The molecule has 0 aliphatic rings. The van der Waals surface area contributed by atoms with E-state index in [0.29, 0.717) is 5.92 Å². The van der Waals surface area contributed by atoms with E-state index in [4.69, 9.17) is 9.47 Å². The van der Waals surface area contributed by atoms with Crippen molar-refractivity contribution >= 4 is 0 Å². The first-order valence-electron chi connectivity index (χ1n) is 7.91. The van der Waals surface area contributed by atoms with Crippen molar-refractivity contribution in [3.8, 4) is 11.5 Å².